The minimum Gasteiger partial charge on any atom is -0.347 e. The molecule has 9 nitrogen and oxygen atoms in total. The van der Waals surface area contributed by atoms with Crippen LogP contribution in [0.5, 0.6) is 0 Å². The maximum Gasteiger partial charge on any atom is 0.269 e. The molecule has 0 fully saturated rings. The SMILES string of the molecule is CC(C)(N)C(=O)NCC(=N)N(Cc1ccc([N+](=O)[O-])cc1)C(=N)CCc1ccccc1. The molecule has 164 valence electrons. The van der Waals surface area contributed by atoms with E-state index in [1.807, 2.05) is 30.3 Å². The second-order valence-corrected chi connectivity index (χ2v) is 7.79. The Morgan fingerprint density at radius 2 is 1.68 bits per heavy atom. The molecule has 0 unspecified atom stereocenters. The highest BCUT2D eigenvalue weighted by Crippen LogP contribution is 2.15. The second kappa shape index (κ2) is 10.4. The molecule has 31 heavy (non-hydrogen) atoms. The fourth-order valence-electron chi connectivity index (χ4n) is 2.79. The number of hydrogen-bond donors (Lipinski definition) is 4. The number of nitrogens with one attached hydrogen (secondary N) is 3. The van der Waals surface area contributed by atoms with Crippen LogP contribution in [-0.2, 0) is 17.8 Å². The van der Waals surface area contributed by atoms with E-state index in [9.17, 15) is 14.9 Å². The van der Waals surface area contributed by atoms with Gasteiger partial charge in [0.25, 0.3) is 5.69 Å². The van der Waals surface area contributed by atoms with Crippen LogP contribution in [0, 0.1) is 20.9 Å². The molecule has 0 atom stereocenters. The lowest BCUT2D eigenvalue weighted by molar-refractivity contribution is -0.384. The Morgan fingerprint density at radius 3 is 2.23 bits per heavy atom. The first kappa shape index (κ1) is 23.7. The van der Waals surface area contributed by atoms with Crippen LogP contribution in [0.3, 0.4) is 0 Å². The second-order valence-electron chi connectivity index (χ2n) is 7.79. The Morgan fingerprint density at radius 1 is 1.06 bits per heavy atom. The molecule has 2 aromatic carbocycles. The van der Waals surface area contributed by atoms with Crippen LogP contribution in [0.15, 0.2) is 54.6 Å². The number of amides is 1. The van der Waals surface area contributed by atoms with Gasteiger partial charge in [0.1, 0.15) is 11.7 Å². The van der Waals surface area contributed by atoms with Crippen molar-refractivity contribution in [2.24, 2.45) is 5.73 Å². The van der Waals surface area contributed by atoms with Crippen LogP contribution in [0.2, 0.25) is 0 Å². The lowest BCUT2D eigenvalue weighted by Gasteiger charge is -2.27. The predicted octanol–water partition coefficient (Wildman–Crippen LogP) is 2.84. The molecule has 0 bridgehead atoms. The number of nitrogens with two attached hydrogens (primary N) is 1. The fourth-order valence-corrected chi connectivity index (χ4v) is 2.79. The zero-order valence-corrected chi connectivity index (χ0v) is 17.7. The van der Waals surface area contributed by atoms with E-state index in [2.05, 4.69) is 5.32 Å². The van der Waals surface area contributed by atoms with Gasteiger partial charge in [-0.25, -0.2) is 0 Å². The van der Waals surface area contributed by atoms with Crippen LogP contribution in [0.1, 0.15) is 31.4 Å². The lowest BCUT2D eigenvalue weighted by atomic mass is 10.1. The van der Waals surface area contributed by atoms with Crippen LogP contribution in [-0.4, -0.2) is 39.5 Å². The van der Waals surface area contributed by atoms with E-state index in [4.69, 9.17) is 16.6 Å². The predicted molar refractivity (Wildman–Crippen MR) is 120 cm³/mol. The molecule has 0 aliphatic heterocycles. The third-order valence-corrected chi connectivity index (χ3v) is 4.63. The van der Waals surface area contributed by atoms with Crippen molar-refractivity contribution in [1.29, 1.82) is 10.8 Å². The largest absolute Gasteiger partial charge is 0.347 e. The van der Waals surface area contributed by atoms with E-state index in [-0.39, 0.29) is 30.4 Å². The van der Waals surface area contributed by atoms with Crippen LogP contribution < -0.4 is 11.1 Å². The maximum absolute atomic E-state index is 12.1. The molecule has 9 heteroatoms. The first-order valence-corrected chi connectivity index (χ1v) is 9.84. The van der Waals surface area contributed by atoms with Gasteiger partial charge in [0.05, 0.1) is 23.6 Å². The van der Waals surface area contributed by atoms with Crippen LogP contribution in [0.25, 0.3) is 0 Å². The molecule has 5 N–H and O–H groups in total. The summed E-state index contributed by atoms with van der Waals surface area (Å²) in [6.45, 7) is 3.25. The van der Waals surface area contributed by atoms with Gasteiger partial charge in [-0.3, -0.25) is 25.7 Å². The molecular weight excluding hydrogens is 396 g/mol. The Labute approximate surface area is 181 Å². The molecule has 0 heterocycles. The van der Waals surface area contributed by atoms with E-state index in [0.29, 0.717) is 18.4 Å². The van der Waals surface area contributed by atoms with Gasteiger partial charge in [-0.2, -0.15) is 0 Å². The summed E-state index contributed by atoms with van der Waals surface area (Å²) < 4.78 is 0. The first-order valence-electron chi connectivity index (χ1n) is 9.84. The molecule has 0 saturated carbocycles. The molecule has 0 aromatic heterocycles. The van der Waals surface area contributed by atoms with Crippen molar-refractivity contribution in [1.82, 2.24) is 10.2 Å². The molecule has 0 aliphatic carbocycles. The van der Waals surface area contributed by atoms with E-state index in [1.54, 1.807) is 26.0 Å². The van der Waals surface area contributed by atoms with Gasteiger partial charge in [0.15, 0.2) is 0 Å². The summed E-state index contributed by atoms with van der Waals surface area (Å²) in [7, 11) is 0. The van der Waals surface area contributed by atoms with Crippen molar-refractivity contribution in [3.8, 4) is 0 Å². The third-order valence-electron chi connectivity index (χ3n) is 4.63. The zero-order valence-electron chi connectivity index (χ0n) is 17.7. The highest BCUT2D eigenvalue weighted by atomic mass is 16.6. The number of nitrogens with zero attached hydrogens (tertiary/aromatic N) is 2. The van der Waals surface area contributed by atoms with Crippen molar-refractivity contribution >= 4 is 23.3 Å². The summed E-state index contributed by atoms with van der Waals surface area (Å²) in [5.74, 6) is -0.147. The highest BCUT2D eigenvalue weighted by molar-refractivity contribution is 6.00. The number of aryl methyl sites for hydroxylation is 1. The Balaban J connectivity index is 2.12. The molecule has 1 amide bonds. The minimum absolute atomic E-state index is 0.0260. The lowest BCUT2D eigenvalue weighted by Crippen LogP contribution is -2.52. The monoisotopic (exact) mass is 424 g/mol. The molecule has 2 rings (SSSR count). The summed E-state index contributed by atoms with van der Waals surface area (Å²) in [6.07, 6.45) is 1.03. The average molecular weight is 425 g/mol. The fraction of sp³-hybridized carbons (Fsp3) is 0.318. The summed E-state index contributed by atoms with van der Waals surface area (Å²) in [5.41, 5.74) is 6.47. The topological polar surface area (TPSA) is 149 Å². The number of carbonyl (C=O) groups is 1. The van der Waals surface area contributed by atoms with Crippen LogP contribution >= 0.6 is 0 Å². The van der Waals surface area contributed by atoms with Gasteiger partial charge < -0.3 is 16.0 Å². The summed E-state index contributed by atoms with van der Waals surface area (Å²) in [5, 5.41) is 30.5. The van der Waals surface area contributed by atoms with Gasteiger partial charge in [0, 0.05) is 18.6 Å². The first-order chi connectivity index (χ1) is 14.6. The van der Waals surface area contributed by atoms with Gasteiger partial charge in [-0.15, -0.1) is 0 Å². The maximum atomic E-state index is 12.1. The smallest absolute Gasteiger partial charge is 0.269 e. The number of non-ortho nitro benzene ring substituents is 1. The van der Waals surface area contributed by atoms with Crippen molar-refractivity contribution in [3.63, 3.8) is 0 Å². The van der Waals surface area contributed by atoms with E-state index in [0.717, 1.165) is 5.56 Å². The number of rotatable bonds is 9. The van der Waals surface area contributed by atoms with Gasteiger partial charge >= 0.3 is 0 Å². The quantitative estimate of drug-likeness (QED) is 0.211. The molecule has 0 aliphatic rings. The Bertz CT molecular complexity index is 936. The standard InChI is InChI=1S/C22H28N6O3/c1-22(2,25)21(29)26-14-20(24)27(15-17-8-11-18(12-9-17)28(30)31)19(23)13-10-16-6-4-3-5-7-16/h3-9,11-12,23-24H,10,13-15,25H2,1-2H3,(H,26,29). The van der Waals surface area contributed by atoms with Gasteiger partial charge in [0.2, 0.25) is 5.91 Å². The van der Waals surface area contributed by atoms with Crippen LogP contribution in [0.4, 0.5) is 5.69 Å². The highest BCUT2D eigenvalue weighted by Gasteiger charge is 2.23. The summed E-state index contributed by atoms with van der Waals surface area (Å²) in [6, 6.07) is 15.7. The molecule has 2 aromatic rings. The Hall–Kier alpha value is -3.59. The number of carbonyl (C=O) groups excluding carboxylic acids is 1. The van der Waals surface area contributed by atoms with Crippen molar-refractivity contribution in [2.75, 3.05) is 6.54 Å². The summed E-state index contributed by atoms with van der Waals surface area (Å²) >= 11 is 0. The number of benzene rings is 2. The van der Waals surface area contributed by atoms with E-state index in [1.165, 1.54) is 17.0 Å². The number of nitro benzene ring substituents is 1. The molecule has 0 spiro atoms. The van der Waals surface area contributed by atoms with E-state index < -0.39 is 16.4 Å². The normalized spacial score (nSPS) is 10.9. The number of hydrogen-bond acceptors (Lipinski definition) is 6. The van der Waals surface area contributed by atoms with Crippen molar-refractivity contribution < 1.29 is 9.72 Å². The summed E-state index contributed by atoms with van der Waals surface area (Å²) in [4.78, 5) is 24.0. The van der Waals surface area contributed by atoms with Crippen molar-refractivity contribution in [2.45, 2.75) is 38.8 Å². The molecule has 0 saturated heterocycles. The minimum atomic E-state index is -1.08. The number of nitro groups is 1. The average Bonchev–Trinajstić information content (AvgIpc) is 2.74. The zero-order chi connectivity index (χ0) is 23.0. The molecular formula is C22H28N6O3. The molecule has 0 radical (unpaired) electrons. The van der Waals surface area contributed by atoms with Gasteiger partial charge in [-0.1, -0.05) is 42.5 Å². The third kappa shape index (κ3) is 7.31. The Kier molecular flexibility index (Phi) is 7.98. The van der Waals surface area contributed by atoms with E-state index >= 15 is 0 Å². The van der Waals surface area contributed by atoms with Gasteiger partial charge in [-0.05, 0) is 31.4 Å². The number of amidine groups is 2. The van der Waals surface area contributed by atoms with Crippen molar-refractivity contribution in [3.05, 3.63) is 75.8 Å².